The quantitative estimate of drug-likeness (QED) is 0.370. The number of anilines is 3. The predicted octanol–water partition coefficient (Wildman–Crippen LogP) is 6.55. The number of alkyl halides is 3. The van der Waals surface area contributed by atoms with Crippen LogP contribution in [0.2, 0.25) is 5.28 Å². The summed E-state index contributed by atoms with van der Waals surface area (Å²) >= 11 is 6.89. The highest BCUT2D eigenvalue weighted by Gasteiger charge is 2.41. The molecule has 6 nitrogen and oxygen atoms in total. The zero-order valence-corrected chi connectivity index (χ0v) is 20.1. The first-order valence-corrected chi connectivity index (χ1v) is 12.1. The van der Waals surface area contributed by atoms with E-state index in [0.717, 1.165) is 49.4 Å². The molecule has 1 N–H and O–H groups in total. The summed E-state index contributed by atoms with van der Waals surface area (Å²) in [6, 6.07) is 4.96. The van der Waals surface area contributed by atoms with Crippen LogP contribution in [-0.4, -0.2) is 41.2 Å². The van der Waals surface area contributed by atoms with E-state index in [9.17, 15) is 18.0 Å². The SMILES string of the molecule is CC(C)CN(c1ccc(C(COC=O)C(F)(F)F)cc1Nc1nc(Cl)ns1)C1CCCCC1. The third-order valence-electron chi connectivity index (χ3n) is 5.68. The summed E-state index contributed by atoms with van der Waals surface area (Å²) in [6.07, 6.45) is 0.961. The van der Waals surface area contributed by atoms with Crippen LogP contribution in [0.4, 0.5) is 29.7 Å². The van der Waals surface area contributed by atoms with E-state index in [1.54, 1.807) is 6.07 Å². The number of halogens is 4. The van der Waals surface area contributed by atoms with Gasteiger partial charge in [-0.15, -0.1) is 0 Å². The van der Waals surface area contributed by atoms with Crippen LogP contribution >= 0.6 is 23.1 Å². The first-order chi connectivity index (χ1) is 15.7. The molecule has 3 rings (SSSR count). The molecule has 1 fully saturated rings. The molecule has 0 saturated heterocycles. The van der Waals surface area contributed by atoms with Gasteiger partial charge >= 0.3 is 6.18 Å². The minimum atomic E-state index is -4.57. The first-order valence-electron chi connectivity index (χ1n) is 11.0. The van der Waals surface area contributed by atoms with Crippen LogP contribution in [-0.2, 0) is 9.53 Å². The molecule has 1 aromatic carbocycles. The molecule has 11 heteroatoms. The Hall–Kier alpha value is -2.07. The lowest BCUT2D eigenvalue weighted by Crippen LogP contribution is -2.39. The second-order valence-electron chi connectivity index (χ2n) is 8.63. The Morgan fingerprint density at radius 2 is 2.03 bits per heavy atom. The van der Waals surface area contributed by atoms with Gasteiger partial charge in [-0.25, -0.2) is 0 Å². The molecule has 0 bridgehead atoms. The molecular formula is C22H28ClF3N4O2S. The second kappa shape index (κ2) is 11.4. The van der Waals surface area contributed by atoms with Crippen LogP contribution in [0.3, 0.4) is 0 Å². The second-order valence-corrected chi connectivity index (χ2v) is 9.72. The number of benzene rings is 1. The lowest BCUT2D eigenvalue weighted by atomic mass is 9.92. The van der Waals surface area contributed by atoms with Crippen molar-refractivity contribution in [3.8, 4) is 0 Å². The number of carbonyl (C=O) groups is 1. The van der Waals surface area contributed by atoms with Crippen molar-refractivity contribution in [3.05, 3.63) is 29.0 Å². The molecule has 1 aliphatic carbocycles. The van der Waals surface area contributed by atoms with E-state index >= 15 is 0 Å². The van der Waals surface area contributed by atoms with Crippen LogP contribution in [0.15, 0.2) is 18.2 Å². The van der Waals surface area contributed by atoms with Gasteiger partial charge in [0.15, 0.2) is 0 Å². The van der Waals surface area contributed by atoms with Gasteiger partial charge in [-0.3, -0.25) is 4.79 Å². The summed E-state index contributed by atoms with van der Waals surface area (Å²) in [7, 11) is 0. The normalized spacial score (nSPS) is 16.0. The Bertz CT molecular complexity index is 919. The number of rotatable bonds is 10. The van der Waals surface area contributed by atoms with Crippen molar-refractivity contribution in [1.29, 1.82) is 0 Å². The van der Waals surface area contributed by atoms with Crippen LogP contribution in [0.5, 0.6) is 0 Å². The van der Waals surface area contributed by atoms with E-state index in [0.29, 0.717) is 22.8 Å². The molecule has 1 unspecified atom stereocenters. The van der Waals surface area contributed by atoms with Crippen molar-refractivity contribution in [2.24, 2.45) is 5.92 Å². The molecule has 2 aromatic rings. The molecule has 1 aliphatic rings. The summed E-state index contributed by atoms with van der Waals surface area (Å²) in [5.74, 6) is -1.58. The van der Waals surface area contributed by atoms with Crippen LogP contribution < -0.4 is 10.2 Å². The van der Waals surface area contributed by atoms with Crippen LogP contribution in [0.25, 0.3) is 0 Å². The maximum atomic E-state index is 13.7. The third kappa shape index (κ3) is 6.96. The highest BCUT2D eigenvalue weighted by atomic mass is 35.5. The van der Waals surface area contributed by atoms with E-state index in [2.05, 4.69) is 38.2 Å². The highest BCUT2D eigenvalue weighted by Crippen LogP contribution is 2.41. The van der Waals surface area contributed by atoms with Crippen molar-refractivity contribution in [3.63, 3.8) is 0 Å². The van der Waals surface area contributed by atoms with Crippen molar-refractivity contribution < 1.29 is 22.7 Å². The molecule has 1 atom stereocenters. The summed E-state index contributed by atoms with van der Waals surface area (Å²) < 4.78 is 49.7. The third-order valence-corrected chi connectivity index (χ3v) is 6.58. The molecule has 0 amide bonds. The number of nitrogens with one attached hydrogen (secondary N) is 1. The molecule has 0 radical (unpaired) electrons. The fourth-order valence-corrected chi connectivity index (χ4v) is 4.96. The summed E-state index contributed by atoms with van der Waals surface area (Å²) in [6.45, 7) is 4.26. The Labute approximate surface area is 200 Å². The predicted molar refractivity (Wildman–Crippen MR) is 125 cm³/mol. The molecule has 1 saturated carbocycles. The van der Waals surface area contributed by atoms with Gasteiger partial charge in [-0.2, -0.15) is 22.5 Å². The van der Waals surface area contributed by atoms with Gasteiger partial charge in [0, 0.05) is 24.1 Å². The number of carbonyl (C=O) groups excluding carboxylic acids is 1. The number of aromatic nitrogens is 2. The van der Waals surface area contributed by atoms with E-state index in [1.165, 1.54) is 18.6 Å². The van der Waals surface area contributed by atoms with Gasteiger partial charge in [0.25, 0.3) is 6.47 Å². The molecule has 33 heavy (non-hydrogen) atoms. The average molecular weight is 505 g/mol. The molecule has 0 spiro atoms. The molecule has 182 valence electrons. The van der Waals surface area contributed by atoms with Gasteiger partial charge in [0.1, 0.15) is 12.5 Å². The molecule has 0 aliphatic heterocycles. The van der Waals surface area contributed by atoms with Gasteiger partial charge in [0.05, 0.1) is 11.4 Å². The van der Waals surface area contributed by atoms with Crippen molar-refractivity contribution in [2.45, 2.75) is 64.1 Å². The van der Waals surface area contributed by atoms with Crippen molar-refractivity contribution in [2.75, 3.05) is 23.4 Å². The number of ether oxygens (including phenoxy) is 1. The highest BCUT2D eigenvalue weighted by molar-refractivity contribution is 7.10. The Balaban J connectivity index is 2.05. The Morgan fingerprint density at radius 1 is 1.30 bits per heavy atom. The largest absolute Gasteiger partial charge is 0.467 e. The van der Waals surface area contributed by atoms with Gasteiger partial charge in [0.2, 0.25) is 10.4 Å². The van der Waals surface area contributed by atoms with E-state index < -0.39 is 18.7 Å². The topological polar surface area (TPSA) is 67.3 Å². The van der Waals surface area contributed by atoms with Gasteiger partial charge < -0.3 is 15.0 Å². The Morgan fingerprint density at radius 3 is 2.61 bits per heavy atom. The zero-order chi connectivity index (χ0) is 24.0. The maximum Gasteiger partial charge on any atom is 0.399 e. The van der Waals surface area contributed by atoms with Crippen molar-refractivity contribution in [1.82, 2.24) is 9.36 Å². The van der Waals surface area contributed by atoms with Crippen LogP contribution in [0.1, 0.15) is 57.4 Å². The average Bonchev–Trinajstić information content (AvgIpc) is 3.17. The maximum absolute atomic E-state index is 13.7. The number of hydrogen-bond acceptors (Lipinski definition) is 7. The fraction of sp³-hybridized carbons (Fsp3) is 0.591. The Kier molecular flexibility index (Phi) is 8.81. The zero-order valence-electron chi connectivity index (χ0n) is 18.6. The van der Waals surface area contributed by atoms with E-state index in [-0.39, 0.29) is 17.3 Å². The molecule has 1 aromatic heterocycles. The fourth-order valence-electron chi connectivity index (χ4n) is 4.24. The molecular weight excluding hydrogens is 477 g/mol. The molecule has 1 heterocycles. The lowest BCUT2D eigenvalue weighted by Gasteiger charge is -2.38. The standard InChI is InChI=1S/C22H28ClF3N4O2S/c1-14(2)11-30(16-6-4-3-5-7-16)19-9-8-15(17(12-32-13-31)22(24,25)26)10-18(19)27-21-28-20(23)29-33-21/h8-10,13-14,16-17H,3-7,11-12H2,1-2H3,(H,27,28,29). The lowest BCUT2D eigenvalue weighted by molar-refractivity contribution is -0.164. The number of hydrogen-bond donors (Lipinski definition) is 1. The minimum Gasteiger partial charge on any atom is -0.467 e. The van der Waals surface area contributed by atoms with Crippen molar-refractivity contribution >= 4 is 46.1 Å². The first kappa shape index (κ1) is 25.6. The number of nitrogens with zero attached hydrogens (tertiary/aromatic N) is 3. The smallest absolute Gasteiger partial charge is 0.399 e. The van der Waals surface area contributed by atoms with Crippen LogP contribution in [0, 0.1) is 5.92 Å². The van der Waals surface area contributed by atoms with E-state index in [4.69, 9.17) is 11.6 Å². The summed E-state index contributed by atoms with van der Waals surface area (Å²) in [5, 5.41) is 3.59. The monoisotopic (exact) mass is 504 g/mol. The summed E-state index contributed by atoms with van der Waals surface area (Å²) in [4.78, 5) is 17.0. The summed E-state index contributed by atoms with van der Waals surface area (Å²) in [5.41, 5.74) is 1.30. The van der Waals surface area contributed by atoms with Gasteiger partial charge in [-0.1, -0.05) is 39.2 Å². The van der Waals surface area contributed by atoms with E-state index in [1.807, 2.05) is 0 Å². The minimum absolute atomic E-state index is 0.000599. The van der Waals surface area contributed by atoms with Gasteiger partial charge in [-0.05, 0) is 48.1 Å².